The van der Waals surface area contributed by atoms with Crippen molar-refractivity contribution in [3.63, 3.8) is 0 Å². The predicted octanol–water partition coefficient (Wildman–Crippen LogP) is 2.79. The third-order valence-electron chi connectivity index (χ3n) is 2.64. The lowest BCUT2D eigenvalue weighted by Crippen LogP contribution is -2.08. The first-order valence-electron chi connectivity index (χ1n) is 5.14. The first kappa shape index (κ1) is 9.97. The average molecular weight is 202 g/mol. The molecule has 0 saturated heterocycles. The van der Waals surface area contributed by atoms with Crippen LogP contribution in [0.25, 0.3) is 0 Å². The first-order chi connectivity index (χ1) is 7.20. The predicted molar refractivity (Wildman–Crippen MR) is 58.9 cm³/mol. The second-order valence-electron chi connectivity index (χ2n) is 3.80. The molecule has 0 saturated carbocycles. The normalized spacial score (nSPS) is 14.7. The van der Waals surface area contributed by atoms with Gasteiger partial charge < -0.3 is 4.74 Å². The third kappa shape index (κ3) is 1.80. The Bertz CT molecular complexity index is 410. The number of benzene rings is 1. The fourth-order valence-electron chi connectivity index (χ4n) is 1.87. The maximum atomic E-state index is 12.1. The molecule has 0 atom stereocenters. The topological polar surface area (TPSA) is 26.3 Å². The van der Waals surface area contributed by atoms with Crippen molar-refractivity contribution in [3.8, 4) is 0 Å². The van der Waals surface area contributed by atoms with Crippen molar-refractivity contribution in [2.24, 2.45) is 0 Å². The second kappa shape index (κ2) is 3.89. The molecule has 1 aromatic carbocycles. The molecular weight excluding hydrogens is 188 g/mol. The molecule has 1 aliphatic rings. The van der Waals surface area contributed by atoms with Gasteiger partial charge in [0.1, 0.15) is 0 Å². The third-order valence-corrected chi connectivity index (χ3v) is 2.64. The molecule has 15 heavy (non-hydrogen) atoms. The number of Topliss-reactive ketones (excluding diaryl/α,β-unsaturated/α-hetero) is 1. The van der Waals surface area contributed by atoms with Crippen molar-refractivity contribution in [1.29, 1.82) is 0 Å². The highest BCUT2D eigenvalue weighted by Crippen LogP contribution is 2.21. The molecule has 1 heterocycles. The largest absolute Gasteiger partial charge is 0.489 e. The molecule has 0 unspecified atom stereocenters. The Morgan fingerprint density at radius 3 is 2.47 bits per heavy atom. The average Bonchev–Trinajstić information content (AvgIpc) is 2.69. The number of hydrogen-bond donors (Lipinski definition) is 0. The summed E-state index contributed by atoms with van der Waals surface area (Å²) in [6.45, 7) is 4.54. The van der Waals surface area contributed by atoms with Gasteiger partial charge in [-0.2, -0.15) is 0 Å². The van der Waals surface area contributed by atoms with Gasteiger partial charge in [0.05, 0.1) is 6.61 Å². The number of carbonyl (C=O) groups excluding carboxylic acids is 1. The van der Waals surface area contributed by atoms with Crippen molar-refractivity contribution in [3.05, 3.63) is 46.7 Å². The summed E-state index contributed by atoms with van der Waals surface area (Å²) in [4.78, 5) is 12.1. The zero-order valence-electron chi connectivity index (χ0n) is 9.04. The summed E-state index contributed by atoms with van der Waals surface area (Å²) < 4.78 is 5.29. The van der Waals surface area contributed by atoms with E-state index in [1.54, 1.807) is 0 Å². The molecule has 1 aliphatic heterocycles. The molecule has 0 fully saturated rings. The first-order valence-corrected chi connectivity index (χ1v) is 5.14. The van der Waals surface area contributed by atoms with Crippen molar-refractivity contribution in [1.82, 2.24) is 0 Å². The van der Waals surface area contributed by atoms with E-state index in [1.165, 1.54) is 0 Å². The zero-order chi connectivity index (χ0) is 10.8. The van der Waals surface area contributed by atoms with Gasteiger partial charge in [-0.25, -0.2) is 0 Å². The van der Waals surface area contributed by atoms with Crippen LogP contribution in [0.2, 0.25) is 0 Å². The molecule has 0 aliphatic carbocycles. The van der Waals surface area contributed by atoms with Crippen LogP contribution in [0, 0.1) is 13.8 Å². The minimum Gasteiger partial charge on any atom is -0.489 e. The zero-order valence-corrected chi connectivity index (χ0v) is 9.04. The lowest BCUT2D eigenvalue weighted by Gasteiger charge is -2.08. The minimum absolute atomic E-state index is 0.0168. The molecule has 0 N–H and O–H groups in total. The Morgan fingerprint density at radius 1 is 1.27 bits per heavy atom. The van der Waals surface area contributed by atoms with Crippen LogP contribution < -0.4 is 0 Å². The summed E-state index contributed by atoms with van der Waals surface area (Å²) in [6.07, 6.45) is 2.71. The van der Waals surface area contributed by atoms with Crippen molar-refractivity contribution in [2.75, 3.05) is 6.61 Å². The summed E-state index contributed by atoms with van der Waals surface area (Å²) >= 11 is 0. The standard InChI is InChI=1S/C13H14O2/c1-9-5-3-6-10(2)12(9)13(14)11-7-4-8-15-11/h3,5-7H,4,8H2,1-2H3. The van der Waals surface area contributed by atoms with Gasteiger partial charge in [0.25, 0.3) is 0 Å². The highest BCUT2D eigenvalue weighted by molar-refractivity contribution is 6.09. The number of ether oxygens (including phenoxy) is 1. The highest BCUT2D eigenvalue weighted by atomic mass is 16.5. The van der Waals surface area contributed by atoms with E-state index in [1.807, 2.05) is 38.1 Å². The van der Waals surface area contributed by atoms with E-state index >= 15 is 0 Å². The summed E-state index contributed by atoms with van der Waals surface area (Å²) in [5.74, 6) is 0.524. The Morgan fingerprint density at radius 2 is 1.93 bits per heavy atom. The molecule has 0 amide bonds. The van der Waals surface area contributed by atoms with Crippen LogP contribution in [0.1, 0.15) is 27.9 Å². The number of rotatable bonds is 2. The van der Waals surface area contributed by atoms with Crippen molar-refractivity contribution in [2.45, 2.75) is 20.3 Å². The smallest absolute Gasteiger partial charge is 0.227 e. The quantitative estimate of drug-likeness (QED) is 0.689. The highest BCUT2D eigenvalue weighted by Gasteiger charge is 2.20. The van der Waals surface area contributed by atoms with Gasteiger partial charge in [-0.1, -0.05) is 18.2 Å². The molecule has 0 spiro atoms. The van der Waals surface area contributed by atoms with Crippen LogP contribution in [0.5, 0.6) is 0 Å². The molecule has 1 aromatic rings. The van der Waals surface area contributed by atoms with Crippen molar-refractivity contribution >= 4 is 5.78 Å². The number of carbonyl (C=O) groups is 1. The fourth-order valence-corrected chi connectivity index (χ4v) is 1.87. The molecule has 78 valence electrons. The molecule has 0 radical (unpaired) electrons. The van der Waals surface area contributed by atoms with Crippen LogP contribution in [0.3, 0.4) is 0 Å². The molecular formula is C13H14O2. The van der Waals surface area contributed by atoms with Gasteiger partial charge in [-0.3, -0.25) is 4.79 Å². The lowest BCUT2D eigenvalue weighted by atomic mass is 9.98. The Labute approximate surface area is 89.6 Å². The van der Waals surface area contributed by atoms with E-state index in [4.69, 9.17) is 4.74 Å². The van der Waals surface area contributed by atoms with E-state index in [-0.39, 0.29) is 5.78 Å². The molecule has 2 heteroatoms. The minimum atomic E-state index is 0.0168. The van der Waals surface area contributed by atoms with E-state index in [9.17, 15) is 4.79 Å². The maximum Gasteiger partial charge on any atom is 0.227 e. The fraction of sp³-hybridized carbons (Fsp3) is 0.308. The van der Waals surface area contributed by atoms with E-state index in [0.717, 1.165) is 23.1 Å². The Balaban J connectivity index is 2.41. The van der Waals surface area contributed by atoms with E-state index in [2.05, 4.69) is 0 Å². The van der Waals surface area contributed by atoms with Crippen LogP contribution >= 0.6 is 0 Å². The Hall–Kier alpha value is -1.57. The number of hydrogen-bond acceptors (Lipinski definition) is 2. The van der Waals surface area contributed by atoms with Gasteiger partial charge in [0.15, 0.2) is 5.76 Å². The maximum absolute atomic E-state index is 12.1. The van der Waals surface area contributed by atoms with Crippen molar-refractivity contribution < 1.29 is 9.53 Å². The van der Waals surface area contributed by atoms with Gasteiger partial charge in [-0.05, 0) is 31.1 Å². The monoisotopic (exact) mass is 202 g/mol. The van der Waals surface area contributed by atoms with Gasteiger partial charge >= 0.3 is 0 Å². The lowest BCUT2D eigenvalue weighted by molar-refractivity contribution is 0.0941. The van der Waals surface area contributed by atoms with E-state index < -0.39 is 0 Å². The second-order valence-corrected chi connectivity index (χ2v) is 3.80. The molecule has 0 aromatic heterocycles. The number of ketones is 1. The SMILES string of the molecule is Cc1cccc(C)c1C(=O)C1=CCCO1. The van der Waals surface area contributed by atoms with Crippen LogP contribution in [-0.4, -0.2) is 12.4 Å². The number of allylic oxidation sites excluding steroid dienone is 1. The van der Waals surface area contributed by atoms with Gasteiger partial charge in [-0.15, -0.1) is 0 Å². The Kier molecular flexibility index (Phi) is 2.58. The summed E-state index contributed by atoms with van der Waals surface area (Å²) in [5.41, 5.74) is 2.80. The van der Waals surface area contributed by atoms with Gasteiger partial charge in [0, 0.05) is 12.0 Å². The summed E-state index contributed by atoms with van der Waals surface area (Å²) in [6, 6.07) is 5.87. The molecule has 2 rings (SSSR count). The summed E-state index contributed by atoms with van der Waals surface area (Å²) in [7, 11) is 0. The van der Waals surface area contributed by atoms with Crippen LogP contribution in [0.15, 0.2) is 30.0 Å². The summed E-state index contributed by atoms with van der Waals surface area (Å²) in [5, 5.41) is 0. The van der Waals surface area contributed by atoms with Gasteiger partial charge in [0.2, 0.25) is 5.78 Å². The molecule has 2 nitrogen and oxygen atoms in total. The van der Waals surface area contributed by atoms with Crippen LogP contribution in [-0.2, 0) is 4.74 Å². The van der Waals surface area contributed by atoms with Crippen LogP contribution in [0.4, 0.5) is 0 Å². The molecule has 0 bridgehead atoms. The number of aryl methyl sites for hydroxylation is 2. The van der Waals surface area contributed by atoms with E-state index in [0.29, 0.717) is 12.4 Å².